The average Bonchev–Trinajstić information content (AvgIpc) is 2.62. The van der Waals surface area contributed by atoms with Crippen LogP contribution < -0.4 is 5.32 Å². The van der Waals surface area contributed by atoms with E-state index in [9.17, 15) is 9.59 Å². The first-order valence-corrected chi connectivity index (χ1v) is 7.90. The molecule has 1 N–H and O–H groups in total. The molecule has 1 heterocycles. The zero-order chi connectivity index (χ0) is 18.2. The van der Waals surface area contributed by atoms with Gasteiger partial charge >= 0.3 is 5.97 Å². The normalized spacial score (nSPS) is 12.5. The van der Waals surface area contributed by atoms with E-state index in [1.807, 2.05) is 19.1 Å². The summed E-state index contributed by atoms with van der Waals surface area (Å²) in [5, 5.41) is 11.6. The quantitative estimate of drug-likeness (QED) is 0.818. The smallest absolute Gasteiger partial charge is 0.307 e. The molecule has 2 rings (SSSR count). The summed E-state index contributed by atoms with van der Waals surface area (Å²) in [7, 11) is 0. The zero-order valence-corrected chi connectivity index (χ0v) is 14.1. The number of rotatable bonds is 6. The molecule has 0 radical (unpaired) electrons. The molecule has 2 unspecified atom stereocenters. The Morgan fingerprint density at radius 3 is 2.68 bits per heavy atom. The highest BCUT2D eigenvalue weighted by Crippen LogP contribution is 2.19. The number of amides is 1. The summed E-state index contributed by atoms with van der Waals surface area (Å²) >= 11 is 0. The largest absolute Gasteiger partial charge is 0.453 e. The van der Waals surface area contributed by atoms with Crippen LogP contribution in [0.5, 0.6) is 0 Å². The van der Waals surface area contributed by atoms with Crippen LogP contribution in [0.1, 0.15) is 37.3 Å². The second-order valence-electron chi connectivity index (χ2n) is 5.67. The van der Waals surface area contributed by atoms with E-state index in [-0.39, 0.29) is 12.3 Å². The number of para-hydroxylation sites is 1. The Morgan fingerprint density at radius 2 is 2.00 bits per heavy atom. The highest BCUT2D eigenvalue weighted by molar-refractivity contribution is 5.96. The van der Waals surface area contributed by atoms with Crippen molar-refractivity contribution in [3.05, 3.63) is 59.9 Å². The predicted octanol–water partition coefficient (Wildman–Crippen LogP) is 3.02. The van der Waals surface area contributed by atoms with Crippen molar-refractivity contribution >= 4 is 17.6 Å². The number of hydrogen-bond acceptors (Lipinski definition) is 5. The first kappa shape index (κ1) is 18.1. The Morgan fingerprint density at radius 1 is 1.24 bits per heavy atom. The Labute approximate surface area is 146 Å². The maximum atomic E-state index is 12.2. The van der Waals surface area contributed by atoms with E-state index in [0.717, 1.165) is 5.56 Å². The zero-order valence-electron chi connectivity index (χ0n) is 14.1. The molecule has 1 aromatic heterocycles. The topological polar surface area (TPSA) is 92.1 Å². The van der Waals surface area contributed by atoms with Crippen molar-refractivity contribution in [3.8, 4) is 6.07 Å². The lowest BCUT2D eigenvalue weighted by atomic mass is 10.00. The van der Waals surface area contributed by atoms with Gasteiger partial charge in [-0.15, -0.1) is 0 Å². The number of nitriles is 1. The van der Waals surface area contributed by atoms with Crippen LogP contribution in [0.3, 0.4) is 0 Å². The number of pyridine rings is 1. The van der Waals surface area contributed by atoms with Gasteiger partial charge in [0.15, 0.2) is 6.10 Å². The van der Waals surface area contributed by atoms with Crippen molar-refractivity contribution in [2.45, 2.75) is 32.3 Å². The summed E-state index contributed by atoms with van der Waals surface area (Å²) < 4.78 is 5.20. The summed E-state index contributed by atoms with van der Waals surface area (Å²) in [4.78, 5) is 28.2. The molecular formula is C19H19N3O3. The van der Waals surface area contributed by atoms with Crippen molar-refractivity contribution in [2.75, 3.05) is 5.32 Å². The number of nitrogens with one attached hydrogen (secondary N) is 1. The molecule has 0 saturated carbocycles. The van der Waals surface area contributed by atoms with Gasteiger partial charge in [0.2, 0.25) is 0 Å². The highest BCUT2D eigenvalue weighted by Gasteiger charge is 2.20. The highest BCUT2D eigenvalue weighted by atomic mass is 16.5. The van der Waals surface area contributed by atoms with E-state index in [1.165, 1.54) is 6.92 Å². The third kappa shape index (κ3) is 5.15. The fourth-order valence-electron chi connectivity index (χ4n) is 2.26. The molecule has 1 amide bonds. The number of aromatic nitrogens is 1. The first-order chi connectivity index (χ1) is 12.0. The van der Waals surface area contributed by atoms with Gasteiger partial charge in [-0.25, -0.2) is 0 Å². The maximum absolute atomic E-state index is 12.2. The van der Waals surface area contributed by atoms with Gasteiger partial charge in [-0.2, -0.15) is 5.26 Å². The van der Waals surface area contributed by atoms with Crippen molar-refractivity contribution in [1.29, 1.82) is 5.26 Å². The summed E-state index contributed by atoms with van der Waals surface area (Å²) in [5.74, 6) is -1.01. The van der Waals surface area contributed by atoms with Crippen LogP contribution in [0.4, 0.5) is 5.69 Å². The number of esters is 1. The molecule has 0 aliphatic heterocycles. The van der Waals surface area contributed by atoms with Crippen LogP contribution >= 0.6 is 0 Å². The van der Waals surface area contributed by atoms with Crippen LogP contribution in [-0.4, -0.2) is 23.0 Å². The minimum atomic E-state index is -0.958. The molecule has 0 aliphatic rings. The SMILES string of the molecule is CC(OC(=O)CC(C)c1cccnc1)C(=O)Nc1ccccc1C#N. The van der Waals surface area contributed by atoms with Crippen molar-refractivity contribution in [3.63, 3.8) is 0 Å². The maximum Gasteiger partial charge on any atom is 0.307 e. The number of carbonyl (C=O) groups is 2. The van der Waals surface area contributed by atoms with Crippen LogP contribution in [-0.2, 0) is 14.3 Å². The lowest BCUT2D eigenvalue weighted by molar-refractivity contribution is -0.153. The fourth-order valence-corrected chi connectivity index (χ4v) is 2.26. The first-order valence-electron chi connectivity index (χ1n) is 7.90. The van der Waals surface area contributed by atoms with Gasteiger partial charge in [0, 0.05) is 12.4 Å². The van der Waals surface area contributed by atoms with E-state index in [0.29, 0.717) is 11.3 Å². The van der Waals surface area contributed by atoms with E-state index in [2.05, 4.69) is 10.3 Å². The van der Waals surface area contributed by atoms with Crippen LogP contribution in [0, 0.1) is 11.3 Å². The van der Waals surface area contributed by atoms with Gasteiger partial charge in [0.25, 0.3) is 5.91 Å². The third-order valence-electron chi connectivity index (χ3n) is 3.71. The lowest BCUT2D eigenvalue weighted by Gasteiger charge is -2.16. The molecule has 6 heteroatoms. The van der Waals surface area contributed by atoms with Gasteiger partial charge in [-0.05, 0) is 36.6 Å². The monoisotopic (exact) mass is 337 g/mol. The minimum absolute atomic E-state index is 0.0595. The molecule has 0 spiro atoms. The van der Waals surface area contributed by atoms with Crippen molar-refractivity contribution in [1.82, 2.24) is 4.98 Å². The second kappa shape index (κ2) is 8.60. The summed E-state index contributed by atoms with van der Waals surface area (Å²) in [6.07, 6.45) is 2.56. The predicted molar refractivity (Wildman–Crippen MR) is 92.6 cm³/mol. The average molecular weight is 337 g/mol. The van der Waals surface area contributed by atoms with Gasteiger partial charge < -0.3 is 10.1 Å². The number of ether oxygens (including phenoxy) is 1. The number of hydrogen-bond donors (Lipinski definition) is 1. The van der Waals surface area contributed by atoms with Gasteiger partial charge in [-0.1, -0.05) is 25.1 Å². The fraction of sp³-hybridized carbons (Fsp3) is 0.263. The molecule has 0 aliphatic carbocycles. The number of nitrogens with zero attached hydrogens (tertiary/aromatic N) is 2. The van der Waals surface area contributed by atoms with Gasteiger partial charge in [0.05, 0.1) is 17.7 Å². The summed E-state index contributed by atoms with van der Waals surface area (Å²) in [6.45, 7) is 3.39. The lowest BCUT2D eigenvalue weighted by Crippen LogP contribution is -2.30. The molecule has 2 atom stereocenters. The van der Waals surface area contributed by atoms with Gasteiger partial charge in [0.1, 0.15) is 6.07 Å². The van der Waals surface area contributed by atoms with Crippen LogP contribution in [0.2, 0.25) is 0 Å². The minimum Gasteiger partial charge on any atom is -0.453 e. The van der Waals surface area contributed by atoms with E-state index >= 15 is 0 Å². The number of carbonyl (C=O) groups excluding carboxylic acids is 2. The number of benzene rings is 1. The Bertz CT molecular complexity index is 784. The van der Waals surface area contributed by atoms with Crippen molar-refractivity contribution in [2.24, 2.45) is 0 Å². The Hall–Kier alpha value is -3.20. The van der Waals surface area contributed by atoms with Crippen molar-refractivity contribution < 1.29 is 14.3 Å². The molecule has 0 saturated heterocycles. The van der Waals surface area contributed by atoms with E-state index in [4.69, 9.17) is 10.00 Å². The molecule has 0 fully saturated rings. The molecular weight excluding hydrogens is 318 g/mol. The third-order valence-corrected chi connectivity index (χ3v) is 3.71. The molecule has 6 nitrogen and oxygen atoms in total. The van der Waals surface area contributed by atoms with E-state index < -0.39 is 18.0 Å². The van der Waals surface area contributed by atoms with Crippen LogP contribution in [0.15, 0.2) is 48.8 Å². The molecule has 1 aromatic carbocycles. The van der Waals surface area contributed by atoms with E-state index in [1.54, 1.807) is 42.7 Å². The second-order valence-corrected chi connectivity index (χ2v) is 5.67. The molecule has 128 valence electrons. The Kier molecular flexibility index (Phi) is 6.24. The van der Waals surface area contributed by atoms with Gasteiger partial charge in [-0.3, -0.25) is 14.6 Å². The molecule has 25 heavy (non-hydrogen) atoms. The molecule has 0 bridgehead atoms. The summed E-state index contributed by atoms with van der Waals surface area (Å²) in [6, 6.07) is 12.3. The standard InChI is InChI=1S/C19H19N3O3/c1-13(16-7-5-9-21-12-16)10-18(23)25-14(2)19(24)22-17-8-4-3-6-15(17)11-20/h3-9,12-14H,10H2,1-2H3,(H,22,24). The molecule has 2 aromatic rings. The van der Waals surface area contributed by atoms with Crippen LogP contribution in [0.25, 0.3) is 0 Å². The summed E-state index contributed by atoms with van der Waals surface area (Å²) in [5.41, 5.74) is 1.67. The number of anilines is 1. The Balaban J connectivity index is 1.90.